The molecule has 0 saturated carbocycles. The van der Waals surface area contributed by atoms with Crippen LogP contribution < -0.4 is 0 Å². The van der Waals surface area contributed by atoms with E-state index < -0.39 is 0 Å². The van der Waals surface area contributed by atoms with E-state index in [-0.39, 0.29) is 9.96 Å². The fourth-order valence-corrected chi connectivity index (χ4v) is 0.867. The van der Waals surface area contributed by atoms with Crippen LogP contribution in [0.1, 0.15) is 26.2 Å². The molecule has 0 aliphatic rings. The third kappa shape index (κ3) is 8.03. The molecular formula is C6H9O2Pt. The van der Waals surface area contributed by atoms with Crippen molar-refractivity contribution in [1.29, 1.82) is 0 Å². The number of hydrogen-bond acceptors (Lipinski definition) is 2. The first kappa shape index (κ1) is 9.03. The van der Waals surface area contributed by atoms with Gasteiger partial charge in [0.25, 0.3) is 0 Å². The second-order valence-corrected chi connectivity index (χ2v) is 3.14. The van der Waals surface area contributed by atoms with Gasteiger partial charge in [0.2, 0.25) is 0 Å². The first-order chi connectivity index (χ1) is 4.13. The summed E-state index contributed by atoms with van der Waals surface area (Å²) in [5.41, 5.74) is 0. The van der Waals surface area contributed by atoms with Crippen LogP contribution >= 0.6 is 0 Å². The van der Waals surface area contributed by atoms with Crippen molar-refractivity contribution in [3.63, 3.8) is 0 Å². The predicted molar refractivity (Wildman–Crippen MR) is 29.5 cm³/mol. The molecule has 0 aliphatic heterocycles. The van der Waals surface area contributed by atoms with E-state index in [1.54, 1.807) is 19.8 Å². The summed E-state index contributed by atoms with van der Waals surface area (Å²) in [4.78, 5) is 20.6. The fraction of sp³-hybridized carbons (Fsp3) is 0.667. The Kier molecular flexibility index (Phi) is 4.88. The summed E-state index contributed by atoms with van der Waals surface area (Å²) in [6, 6.07) is 0. The molecule has 0 aliphatic carbocycles. The Bertz CT molecular complexity index is 106. The van der Waals surface area contributed by atoms with Gasteiger partial charge in [-0.25, -0.2) is 0 Å². The molecule has 0 atom stereocenters. The van der Waals surface area contributed by atoms with E-state index in [4.69, 9.17) is 0 Å². The molecule has 0 aromatic heterocycles. The molecule has 0 bridgehead atoms. The van der Waals surface area contributed by atoms with Gasteiger partial charge in [0.15, 0.2) is 0 Å². The number of Topliss-reactive ketones (excluding diaryl/α,β-unsaturated/α-hetero) is 1. The van der Waals surface area contributed by atoms with Crippen LogP contribution in [0, 0.1) is 0 Å². The van der Waals surface area contributed by atoms with Crippen molar-refractivity contribution in [2.75, 3.05) is 0 Å². The van der Waals surface area contributed by atoms with E-state index in [0.29, 0.717) is 19.3 Å². The van der Waals surface area contributed by atoms with Crippen LogP contribution in [0.2, 0.25) is 0 Å². The number of rotatable bonds is 4. The minimum absolute atomic E-state index is 0.135. The summed E-state index contributed by atoms with van der Waals surface area (Å²) in [6.07, 6.45) is 1.77. The van der Waals surface area contributed by atoms with Gasteiger partial charge in [-0.3, -0.25) is 0 Å². The molecule has 0 rings (SSSR count). The molecule has 0 N–H and O–H groups in total. The van der Waals surface area contributed by atoms with Crippen molar-refractivity contribution in [3.05, 3.63) is 0 Å². The summed E-state index contributed by atoms with van der Waals surface area (Å²) in [7, 11) is 0. The fourth-order valence-electron chi connectivity index (χ4n) is 0.465. The molecule has 0 aromatic rings. The standard InChI is InChI=1S/C6H9O2.Pt/c1-6(8)4-2-3-5-7;/h2-4H2,1H3;. The van der Waals surface area contributed by atoms with Crippen molar-refractivity contribution < 1.29 is 29.4 Å². The third-order valence-electron chi connectivity index (χ3n) is 0.887. The molecule has 0 spiro atoms. The molecule has 9 heavy (non-hydrogen) atoms. The molecule has 0 aromatic carbocycles. The Balaban J connectivity index is 3.10. The monoisotopic (exact) mass is 308 g/mol. The summed E-state index contributed by atoms with van der Waals surface area (Å²) < 4.78 is 0.135. The van der Waals surface area contributed by atoms with Gasteiger partial charge in [-0.1, -0.05) is 0 Å². The predicted octanol–water partition coefficient (Wildman–Crippen LogP) is 0.819. The maximum absolute atomic E-state index is 10.3. The average Bonchev–Trinajstić information content (AvgIpc) is 1.63. The quantitative estimate of drug-likeness (QED) is 0.770. The first-order valence-electron chi connectivity index (χ1n) is 2.77. The molecule has 0 heterocycles. The zero-order valence-corrected chi connectivity index (χ0v) is 7.53. The number of carbonyl (C=O) groups excluding carboxylic acids is 2. The van der Waals surface area contributed by atoms with Gasteiger partial charge in [0.05, 0.1) is 0 Å². The van der Waals surface area contributed by atoms with Gasteiger partial charge in [0.1, 0.15) is 0 Å². The molecule has 55 valence electrons. The van der Waals surface area contributed by atoms with Gasteiger partial charge in [0, 0.05) is 0 Å². The van der Waals surface area contributed by atoms with E-state index >= 15 is 0 Å². The van der Waals surface area contributed by atoms with E-state index in [1.165, 1.54) is 6.92 Å². The molecule has 2 nitrogen and oxygen atoms in total. The molecule has 0 fully saturated rings. The Morgan fingerprint density at radius 2 is 1.89 bits per heavy atom. The van der Waals surface area contributed by atoms with E-state index in [9.17, 15) is 9.59 Å². The van der Waals surface area contributed by atoms with Crippen LogP contribution in [0.4, 0.5) is 0 Å². The molecule has 3 heteroatoms. The SMILES string of the molecule is CC(=O)CCC[C](=O)[Pt]. The van der Waals surface area contributed by atoms with Crippen LogP contribution in [0.15, 0.2) is 0 Å². The Hall–Kier alpha value is 0.0283. The number of carbonyl (C=O) groups is 2. The van der Waals surface area contributed by atoms with Gasteiger partial charge < -0.3 is 0 Å². The normalized spacial score (nSPS) is 9.22. The maximum atomic E-state index is 10.3. The van der Waals surface area contributed by atoms with E-state index in [0.717, 1.165) is 0 Å². The summed E-state index contributed by atoms with van der Waals surface area (Å²) in [5.74, 6) is 0.160. The average molecular weight is 308 g/mol. The molecule has 0 unspecified atom stereocenters. The number of ketones is 1. The summed E-state index contributed by atoms with van der Waals surface area (Å²) >= 11 is 1.72. The first-order valence-corrected chi connectivity index (χ1v) is 3.91. The number of hydrogen-bond donors (Lipinski definition) is 0. The van der Waals surface area contributed by atoms with Crippen molar-refractivity contribution in [1.82, 2.24) is 0 Å². The molecular weight excluding hydrogens is 299 g/mol. The van der Waals surface area contributed by atoms with Crippen molar-refractivity contribution in [2.45, 2.75) is 26.2 Å². The molecule has 0 amide bonds. The van der Waals surface area contributed by atoms with Crippen LogP contribution in [-0.2, 0) is 29.4 Å². The second kappa shape index (κ2) is 4.87. The van der Waals surface area contributed by atoms with Crippen LogP contribution in [0.3, 0.4) is 0 Å². The second-order valence-electron chi connectivity index (χ2n) is 1.88. The van der Waals surface area contributed by atoms with Crippen LogP contribution in [0.25, 0.3) is 0 Å². The molecule has 0 radical (unpaired) electrons. The zero-order valence-electron chi connectivity index (χ0n) is 5.25. The summed E-state index contributed by atoms with van der Waals surface area (Å²) in [6.45, 7) is 1.54. The van der Waals surface area contributed by atoms with Gasteiger partial charge >= 0.3 is 65.5 Å². The van der Waals surface area contributed by atoms with E-state index in [2.05, 4.69) is 0 Å². The van der Waals surface area contributed by atoms with Crippen molar-refractivity contribution in [3.8, 4) is 0 Å². The van der Waals surface area contributed by atoms with Gasteiger partial charge in [-0.05, 0) is 0 Å². The Labute approximate surface area is 65.9 Å². The Morgan fingerprint density at radius 1 is 1.33 bits per heavy atom. The minimum atomic E-state index is 0.135. The molecule has 0 saturated heterocycles. The van der Waals surface area contributed by atoms with Crippen molar-refractivity contribution >= 4 is 9.96 Å². The van der Waals surface area contributed by atoms with Gasteiger partial charge in [-0.15, -0.1) is 0 Å². The topological polar surface area (TPSA) is 34.1 Å². The van der Waals surface area contributed by atoms with Crippen LogP contribution in [-0.4, -0.2) is 9.96 Å². The van der Waals surface area contributed by atoms with Crippen LogP contribution in [0.5, 0.6) is 0 Å². The van der Waals surface area contributed by atoms with Crippen molar-refractivity contribution in [2.24, 2.45) is 0 Å². The van der Waals surface area contributed by atoms with E-state index in [1.807, 2.05) is 0 Å². The zero-order chi connectivity index (χ0) is 7.28. The third-order valence-corrected chi connectivity index (χ3v) is 1.45. The summed E-state index contributed by atoms with van der Waals surface area (Å²) in [5, 5.41) is 0. The van der Waals surface area contributed by atoms with Gasteiger partial charge in [-0.2, -0.15) is 0 Å². The Morgan fingerprint density at radius 3 is 2.22 bits per heavy atom.